The van der Waals surface area contributed by atoms with Gasteiger partial charge in [0.2, 0.25) is 16.9 Å². The molecule has 0 bridgehead atoms. The molecule has 0 spiro atoms. The Morgan fingerprint density at radius 2 is 1.74 bits per heavy atom. The summed E-state index contributed by atoms with van der Waals surface area (Å²) >= 11 is 0. The van der Waals surface area contributed by atoms with E-state index < -0.39 is 17.8 Å². The second kappa shape index (κ2) is 5.35. The molecule has 2 N–H and O–H groups in total. The zero-order chi connectivity index (χ0) is 16.7. The van der Waals surface area contributed by atoms with Crippen LogP contribution in [0.2, 0.25) is 0 Å². The average Bonchev–Trinajstić information content (AvgIpc) is 2.53. The third-order valence-corrected chi connectivity index (χ3v) is 4.32. The molecule has 1 amide bonds. The van der Waals surface area contributed by atoms with Crippen LogP contribution in [0.4, 0.5) is 0 Å². The molecule has 1 aromatic heterocycles. The fourth-order valence-electron chi connectivity index (χ4n) is 3.08. The van der Waals surface area contributed by atoms with Crippen LogP contribution in [0.25, 0.3) is 21.8 Å². The van der Waals surface area contributed by atoms with Gasteiger partial charge in [-0.2, -0.15) is 4.57 Å². The van der Waals surface area contributed by atoms with Crippen molar-refractivity contribution in [3.8, 4) is 0 Å². The van der Waals surface area contributed by atoms with Gasteiger partial charge in [-0.1, -0.05) is 24.3 Å². The molecule has 0 aliphatic carbocycles. The quantitative estimate of drug-likeness (QED) is 0.572. The normalized spacial score (nSPS) is 12.4. The number of carbonyl (C=O) groups is 2. The first-order chi connectivity index (χ1) is 10.9. The van der Waals surface area contributed by atoms with Gasteiger partial charge in [0.05, 0.1) is 22.7 Å². The number of primary amides is 1. The largest absolute Gasteiger partial charge is 0.545 e. The molecular formula is C18H16N2O3. The minimum absolute atomic E-state index is 0.0948. The number of hydrogen-bond donors (Lipinski definition) is 1. The number of carboxylic acid groups (broad SMARTS) is 1. The maximum absolute atomic E-state index is 11.8. The van der Waals surface area contributed by atoms with E-state index in [1.54, 1.807) is 31.2 Å². The van der Waals surface area contributed by atoms with Gasteiger partial charge >= 0.3 is 0 Å². The molecule has 23 heavy (non-hydrogen) atoms. The Labute approximate surface area is 133 Å². The van der Waals surface area contributed by atoms with Crippen LogP contribution in [0.15, 0.2) is 42.5 Å². The molecule has 1 atom stereocenters. The third kappa shape index (κ3) is 2.21. The molecule has 2 aromatic carbocycles. The van der Waals surface area contributed by atoms with E-state index in [2.05, 4.69) is 0 Å². The fraction of sp³-hybridized carbons (Fsp3) is 0.167. The number of benzene rings is 2. The smallest absolute Gasteiger partial charge is 0.224 e. The number of carboxylic acids is 1. The molecule has 3 rings (SSSR count). The number of aryl methyl sites for hydroxylation is 1. The van der Waals surface area contributed by atoms with E-state index >= 15 is 0 Å². The number of aromatic nitrogens is 1. The minimum Gasteiger partial charge on any atom is -0.545 e. The van der Waals surface area contributed by atoms with Crippen molar-refractivity contribution in [2.45, 2.75) is 12.8 Å². The van der Waals surface area contributed by atoms with Gasteiger partial charge in [-0.05, 0) is 18.6 Å². The summed E-state index contributed by atoms with van der Waals surface area (Å²) < 4.78 is 1.91. The van der Waals surface area contributed by atoms with Crippen molar-refractivity contribution in [1.82, 2.24) is 0 Å². The Kier molecular flexibility index (Phi) is 3.48. The highest BCUT2D eigenvalue weighted by atomic mass is 16.4. The summed E-state index contributed by atoms with van der Waals surface area (Å²) in [6, 6.07) is 12.6. The van der Waals surface area contributed by atoms with Crippen molar-refractivity contribution in [3.05, 3.63) is 53.6 Å². The Morgan fingerprint density at radius 1 is 1.09 bits per heavy atom. The van der Waals surface area contributed by atoms with Crippen molar-refractivity contribution in [1.29, 1.82) is 0 Å². The van der Waals surface area contributed by atoms with Crippen molar-refractivity contribution < 1.29 is 19.3 Å². The Hall–Kier alpha value is -2.95. The third-order valence-electron chi connectivity index (χ3n) is 4.32. The van der Waals surface area contributed by atoms with Crippen molar-refractivity contribution in [2.75, 3.05) is 0 Å². The Morgan fingerprint density at radius 3 is 2.39 bits per heavy atom. The number of pyridine rings is 1. The Bertz CT molecular complexity index is 963. The van der Waals surface area contributed by atoms with Crippen LogP contribution in [0.1, 0.15) is 28.8 Å². The maximum atomic E-state index is 11.8. The number of para-hydroxylation sites is 1. The number of hydrogen-bond acceptors (Lipinski definition) is 3. The van der Waals surface area contributed by atoms with E-state index in [0.29, 0.717) is 21.9 Å². The van der Waals surface area contributed by atoms with Gasteiger partial charge < -0.3 is 15.6 Å². The highest BCUT2D eigenvalue weighted by Crippen LogP contribution is 2.30. The maximum Gasteiger partial charge on any atom is 0.224 e. The number of aromatic carboxylic acids is 1. The van der Waals surface area contributed by atoms with Crippen LogP contribution in [0, 0.1) is 0 Å². The number of carbonyl (C=O) groups excluding carboxylic acids is 2. The highest BCUT2D eigenvalue weighted by Gasteiger charge is 2.24. The topological polar surface area (TPSA) is 87.1 Å². The molecule has 3 aromatic rings. The van der Waals surface area contributed by atoms with E-state index in [1.165, 1.54) is 0 Å². The van der Waals surface area contributed by atoms with E-state index in [0.717, 1.165) is 5.52 Å². The molecular weight excluding hydrogens is 292 g/mol. The van der Waals surface area contributed by atoms with Gasteiger partial charge in [-0.25, -0.2) is 0 Å². The zero-order valence-corrected chi connectivity index (χ0v) is 12.9. The molecule has 0 aliphatic rings. The summed E-state index contributed by atoms with van der Waals surface area (Å²) in [7, 11) is 1.86. The monoisotopic (exact) mass is 308 g/mol. The summed E-state index contributed by atoms with van der Waals surface area (Å²) in [5.74, 6) is -2.37. The van der Waals surface area contributed by atoms with Crippen LogP contribution < -0.4 is 15.4 Å². The zero-order valence-electron chi connectivity index (χ0n) is 12.9. The summed E-state index contributed by atoms with van der Waals surface area (Å²) in [5, 5.41) is 12.9. The Balaban J connectivity index is 2.60. The van der Waals surface area contributed by atoms with Gasteiger partial charge in [0, 0.05) is 17.7 Å². The first-order valence-electron chi connectivity index (χ1n) is 7.27. The number of nitrogens with zero attached hydrogens (tertiary/aromatic N) is 1. The van der Waals surface area contributed by atoms with Gasteiger partial charge in [-0.15, -0.1) is 0 Å². The lowest BCUT2D eigenvalue weighted by atomic mass is 9.91. The molecule has 1 heterocycles. The molecule has 116 valence electrons. The standard InChI is InChI=1S/C18H16N2O3/c1-10(17(19)21)11-7-5-9-14-15(11)16(18(22)23)12-6-3-4-8-13(12)20(14)2/h3-10H,1-2H3,(H2-,19,21,22,23). The second-order valence-corrected chi connectivity index (χ2v) is 5.60. The van der Waals surface area contributed by atoms with Crippen molar-refractivity contribution in [3.63, 3.8) is 0 Å². The minimum atomic E-state index is -1.27. The molecule has 5 heteroatoms. The number of fused-ring (bicyclic) bond motifs is 2. The van der Waals surface area contributed by atoms with Gasteiger partial charge in [0.15, 0.2) is 0 Å². The first kappa shape index (κ1) is 15.0. The molecule has 0 saturated heterocycles. The molecule has 5 nitrogen and oxygen atoms in total. The van der Waals surface area contributed by atoms with E-state index in [1.807, 2.05) is 29.8 Å². The average molecular weight is 308 g/mol. The van der Waals surface area contributed by atoms with Crippen LogP contribution in [0.5, 0.6) is 0 Å². The first-order valence-corrected chi connectivity index (χ1v) is 7.27. The highest BCUT2D eigenvalue weighted by molar-refractivity contribution is 6.13. The van der Waals surface area contributed by atoms with Crippen LogP contribution in [0.3, 0.4) is 0 Å². The predicted molar refractivity (Wildman–Crippen MR) is 84.6 cm³/mol. The number of amides is 1. The van der Waals surface area contributed by atoms with Crippen LogP contribution in [-0.2, 0) is 11.8 Å². The lowest BCUT2D eigenvalue weighted by molar-refractivity contribution is -0.617. The summed E-state index contributed by atoms with van der Waals surface area (Å²) in [5.41, 5.74) is 7.61. The van der Waals surface area contributed by atoms with E-state index in [-0.39, 0.29) is 5.56 Å². The van der Waals surface area contributed by atoms with Gasteiger partial charge in [-0.3, -0.25) is 4.79 Å². The van der Waals surface area contributed by atoms with Crippen LogP contribution >= 0.6 is 0 Å². The molecule has 0 saturated carbocycles. The lowest BCUT2D eigenvalue weighted by Gasteiger charge is -2.16. The molecule has 0 radical (unpaired) electrons. The number of nitrogens with two attached hydrogens (primary N) is 1. The summed E-state index contributed by atoms with van der Waals surface area (Å²) in [6.07, 6.45) is 0. The van der Waals surface area contributed by atoms with Crippen molar-refractivity contribution >= 4 is 33.7 Å². The summed E-state index contributed by atoms with van der Waals surface area (Å²) in [6.45, 7) is 1.67. The molecule has 1 unspecified atom stereocenters. The van der Waals surface area contributed by atoms with E-state index in [4.69, 9.17) is 5.73 Å². The molecule has 0 aliphatic heterocycles. The lowest BCUT2D eigenvalue weighted by Crippen LogP contribution is -2.34. The van der Waals surface area contributed by atoms with Gasteiger partial charge in [0.25, 0.3) is 0 Å². The van der Waals surface area contributed by atoms with Gasteiger partial charge in [0.1, 0.15) is 7.05 Å². The molecule has 0 fully saturated rings. The van der Waals surface area contributed by atoms with Crippen molar-refractivity contribution in [2.24, 2.45) is 12.8 Å². The second-order valence-electron chi connectivity index (χ2n) is 5.60. The number of rotatable bonds is 3. The predicted octanol–water partition coefficient (Wildman–Crippen LogP) is 0.770. The van der Waals surface area contributed by atoms with E-state index in [9.17, 15) is 14.7 Å². The fourth-order valence-corrected chi connectivity index (χ4v) is 3.08. The summed E-state index contributed by atoms with van der Waals surface area (Å²) in [4.78, 5) is 23.5. The van der Waals surface area contributed by atoms with Crippen LogP contribution in [-0.4, -0.2) is 11.9 Å². The SMILES string of the molecule is CC(C(N)=O)c1cccc2c1c(C(=O)[O-])c1ccccc1[n+]2C.